The van der Waals surface area contributed by atoms with Crippen molar-refractivity contribution in [1.29, 1.82) is 5.26 Å². The number of hydrogen-bond donors (Lipinski definition) is 2. The minimum absolute atomic E-state index is 0.0978. The van der Waals surface area contributed by atoms with Gasteiger partial charge < -0.3 is 39.5 Å². The summed E-state index contributed by atoms with van der Waals surface area (Å²) >= 11 is 6.26. The zero-order valence-electron chi connectivity index (χ0n) is 37.8. The van der Waals surface area contributed by atoms with E-state index in [9.17, 15) is 14.9 Å². The molecule has 2 fully saturated rings. The molecular formula is C48H61ClN10O5. The van der Waals surface area contributed by atoms with Gasteiger partial charge in [0.15, 0.2) is 5.82 Å². The molecule has 1 unspecified atom stereocenters. The van der Waals surface area contributed by atoms with Crippen LogP contribution in [-0.2, 0) is 9.53 Å². The number of hydrogen-bond acceptors (Lipinski definition) is 13. The first-order valence-corrected chi connectivity index (χ1v) is 23.1. The van der Waals surface area contributed by atoms with E-state index in [1.807, 2.05) is 45.2 Å². The van der Waals surface area contributed by atoms with Crippen molar-refractivity contribution in [2.45, 2.75) is 123 Å². The molecule has 4 aromatic rings. The Kier molecular flexibility index (Phi) is 15.1. The molecule has 0 spiro atoms. The Morgan fingerprint density at radius 3 is 2.30 bits per heavy atom. The topological polar surface area (TPSA) is 171 Å². The highest BCUT2D eigenvalue weighted by Gasteiger charge is 2.42. The summed E-state index contributed by atoms with van der Waals surface area (Å²) in [5, 5.41) is 16.1. The average Bonchev–Trinajstić information content (AvgIpc) is 3.85. The third-order valence-corrected chi connectivity index (χ3v) is 13.3. The molecule has 2 N–H and O–H groups in total. The number of amides is 2. The van der Waals surface area contributed by atoms with Crippen LogP contribution < -0.4 is 34.8 Å². The number of benzene rings is 2. The highest BCUT2D eigenvalue weighted by Crippen LogP contribution is 2.40. The van der Waals surface area contributed by atoms with E-state index >= 15 is 0 Å². The van der Waals surface area contributed by atoms with Crippen molar-refractivity contribution in [2.75, 3.05) is 53.4 Å². The molecule has 1 saturated carbocycles. The van der Waals surface area contributed by atoms with Crippen molar-refractivity contribution in [3.05, 3.63) is 77.2 Å². The van der Waals surface area contributed by atoms with Crippen LogP contribution in [0.15, 0.2) is 61.1 Å². The summed E-state index contributed by atoms with van der Waals surface area (Å²) in [6.45, 7) is 12.7. The average molecular weight is 894 g/mol. The standard InChI is InChI=1S/C48H61ClN10O5/c1-7-39-45(61)57(6)40-30-51-46(56-43(40)59(39)34-12-10-11-13-34)54-33-15-18-35(19-16-33)62-24-25-63-36-20-22-58(23-21-36)47-52-28-32(29-53-47)44(60)55-41(8-2)48(4,5)42(9-3)64-37-17-14-31(27-50)38(49)26-37/h14-19,26,28-30,34,36,39,41-42H,7-13,20-25H2,1-6H3,(H,55,60)(H,51,54,56)/t39?,41-,42-/m0/s1. The molecule has 1 saturated heterocycles. The molecule has 3 atom stereocenters. The van der Waals surface area contributed by atoms with E-state index in [2.05, 4.69) is 62.2 Å². The van der Waals surface area contributed by atoms with Crippen molar-refractivity contribution in [1.82, 2.24) is 25.3 Å². The number of anilines is 5. The molecule has 2 aromatic heterocycles. The maximum atomic E-state index is 13.5. The van der Waals surface area contributed by atoms with Gasteiger partial charge in [-0.05, 0) is 81.3 Å². The van der Waals surface area contributed by atoms with Gasteiger partial charge in [0.1, 0.15) is 42.0 Å². The zero-order valence-corrected chi connectivity index (χ0v) is 38.6. The lowest BCUT2D eigenvalue weighted by atomic mass is 9.76. The summed E-state index contributed by atoms with van der Waals surface area (Å²) in [5.74, 6) is 3.06. The molecule has 4 heterocycles. The number of piperidine rings is 1. The predicted molar refractivity (Wildman–Crippen MR) is 249 cm³/mol. The van der Waals surface area contributed by atoms with Gasteiger partial charge in [0.2, 0.25) is 17.8 Å². The maximum absolute atomic E-state index is 13.5. The minimum atomic E-state index is -0.443. The fourth-order valence-corrected chi connectivity index (χ4v) is 9.48. The summed E-state index contributed by atoms with van der Waals surface area (Å²) in [6.07, 6.45) is 13.0. The smallest absolute Gasteiger partial charge is 0.254 e. The molecule has 340 valence electrons. The molecule has 1 aliphatic carbocycles. The van der Waals surface area contributed by atoms with Gasteiger partial charge in [-0.15, -0.1) is 0 Å². The highest BCUT2D eigenvalue weighted by atomic mass is 35.5. The van der Waals surface area contributed by atoms with Gasteiger partial charge in [0.05, 0.1) is 35.1 Å². The van der Waals surface area contributed by atoms with E-state index < -0.39 is 5.41 Å². The number of likely N-dealkylation sites (N-methyl/N-ethyl adjacent to an activating group) is 1. The second-order valence-corrected chi connectivity index (χ2v) is 17.8. The maximum Gasteiger partial charge on any atom is 0.254 e. The van der Waals surface area contributed by atoms with E-state index in [4.69, 9.17) is 30.8 Å². The van der Waals surface area contributed by atoms with Crippen LogP contribution in [0, 0.1) is 16.7 Å². The molecule has 16 heteroatoms. The van der Waals surface area contributed by atoms with Gasteiger partial charge in [0.25, 0.3) is 5.91 Å². The number of rotatable bonds is 18. The van der Waals surface area contributed by atoms with Gasteiger partial charge in [0, 0.05) is 61.8 Å². The Morgan fingerprint density at radius 2 is 1.66 bits per heavy atom. The highest BCUT2D eigenvalue weighted by molar-refractivity contribution is 6.31. The second-order valence-electron chi connectivity index (χ2n) is 17.4. The number of nitrogens with one attached hydrogen (secondary N) is 2. The third-order valence-electron chi connectivity index (χ3n) is 13.0. The van der Waals surface area contributed by atoms with Crippen LogP contribution in [0.4, 0.5) is 29.1 Å². The quantitative estimate of drug-likeness (QED) is 0.0913. The molecule has 0 bridgehead atoms. The van der Waals surface area contributed by atoms with Gasteiger partial charge in [-0.25, -0.2) is 15.0 Å². The lowest BCUT2D eigenvalue weighted by molar-refractivity contribution is -0.120. The van der Waals surface area contributed by atoms with Crippen molar-refractivity contribution in [3.63, 3.8) is 0 Å². The Labute approximate surface area is 381 Å². The first-order valence-electron chi connectivity index (χ1n) is 22.7. The number of ether oxygens (including phenoxy) is 3. The normalized spacial score (nSPS) is 18.0. The Balaban J connectivity index is 0.837. The van der Waals surface area contributed by atoms with Gasteiger partial charge >= 0.3 is 0 Å². The Bertz CT molecular complexity index is 2260. The predicted octanol–water partition coefficient (Wildman–Crippen LogP) is 8.50. The summed E-state index contributed by atoms with van der Waals surface area (Å²) in [4.78, 5) is 51.4. The third kappa shape index (κ3) is 10.5. The zero-order chi connectivity index (χ0) is 45.4. The van der Waals surface area contributed by atoms with Gasteiger partial charge in [-0.3, -0.25) is 9.59 Å². The van der Waals surface area contributed by atoms with Crippen molar-refractivity contribution >= 4 is 52.5 Å². The van der Waals surface area contributed by atoms with E-state index in [1.54, 1.807) is 41.7 Å². The summed E-state index contributed by atoms with van der Waals surface area (Å²) in [7, 11) is 1.81. The number of halogens is 1. The van der Waals surface area contributed by atoms with Crippen molar-refractivity contribution in [3.8, 4) is 17.6 Å². The molecule has 7 rings (SSSR count). The molecule has 64 heavy (non-hydrogen) atoms. The lowest BCUT2D eigenvalue weighted by Gasteiger charge is -2.43. The van der Waals surface area contributed by atoms with E-state index in [1.165, 1.54) is 12.8 Å². The van der Waals surface area contributed by atoms with Crippen LogP contribution in [0.5, 0.6) is 11.5 Å². The summed E-state index contributed by atoms with van der Waals surface area (Å²) in [6, 6.07) is 14.7. The molecule has 2 amide bonds. The number of nitriles is 1. The fourth-order valence-electron chi connectivity index (χ4n) is 9.27. The van der Waals surface area contributed by atoms with Crippen LogP contribution in [0.2, 0.25) is 5.02 Å². The van der Waals surface area contributed by atoms with Gasteiger partial charge in [-0.1, -0.05) is 59.1 Å². The molecular weight excluding hydrogens is 832 g/mol. The SMILES string of the molecule is CCC1C(=O)N(C)c2cnc(Nc3ccc(OCCOC4CCN(c5ncc(C(=O)N[C@@H](CC)C(C)(C)[C@H](CC)Oc6ccc(C#N)c(Cl)c6)cn5)CC4)cc3)nc2N1C1CCCC1. The summed E-state index contributed by atoms with van der Waals surface area (Å²) in [5.41, 5.74) is 1.92. The molecule has 15 nitrogen and oxygen atoms in total. The number of aromatic nitrogens is 4. The monoisotopic (exact) mass is 892 g/mol. The van der Waals surface area contributed by atoms with E-state index in [0.29, 0.717) is 65.9 Å². The van der Waals surface area contributed by atoms with Crippen LogP contribution in [-0.4, -0.2) is 95.4 Å². The van der Waals surface area contributed by atoms with Crippen molar-refractivity contribution < 1.29 is 23.8 Å². The fraction of sp³-hybridized carbons (Fsp3) is 0.521. The molecule has 0 radical (unpaired) electrons. The van der Waals surface area contributed by atoms with Crippen LogP contribution in [0.25, 0.3) is 0 Å². The van der Waals surface area contributed by atoms with E-state index in [-0.39, 0.29) is 36.1 Å². The lowest BCUT2D eigenvalue weighted by Crippen LogP contribution is -2.55. The Morgan fingerprint density at radius 1 is 0.953 bits per heavy atom. The van der Waals surface area contributed by atoms with Crippen LogP contribution >= 0.6 is 11.6 Å². The largest absolute Gasteiger partial charge is 0.491 e. The number of carbonyl (C=O) groups is 2. The molecule has 2 aliphatic heterocycles. The first kappa shape index (κ1) is 46.3. The molecule has 2 aromatic carbocycles. The molecule has 3 aliphatic rings. The van der Waals surface area contributed by atoms with Crippen LogP contribution in [0.3, 0.4) is 0 Å². The Hall–Kier alpha value is -5.72. The van der Waals surface area contributed by atoms with Crippen molar-refractivity contribution in [2.24, 2.45) is 5.41 Å². The number of carbonyl (C=O) groups excluding carboxylic acids is 2. The number of nitrogens with zero attached hydrogens (tertiary/aromatic N) is 8. The van der Waals surface area contributed by atoms with Gasteiger partial charge in [-0.2, -0.15) is 10.2 Å². The minimum Gasteiger partial charge on any atom is -0.491 e. The second kappa shape index (κ2) is 20.9. The number of fused-ring (bicyclic) bond motifs is 1. The summed E-state index contributed by atoms with van der Waals surface area (Å²) < 4.78 is 18.5. The van der Waals surface area contributed by atoms with Crippen LogP contribution in [0.1, 0.15) is 108 Å². The first-order chi connectivity index (χ1) is 30.9. The van der Waals surface area contributed by atoms with E-state index in [0.717, 1.165) is 68.1 Å².